The highest BCUT2D eigenvalue weighted by atomic mass is 35.5. The molecule has 21 heavy (non-hydrogen) atoms. The van der Waals surface area contributed by atoms with Gasteiger partial charge < -0.3 is 9.64 Å². The molecule has 0 saturated heterocycles. The first-order valence-corrected chi connectivity index (χ1v) is 7.24. The topological polar surface area (TPSA) is 38.2 Å². The van der Waals surface area contributed by atoms with Gasteiger partial charge in [0.15, 0.2) is 0 Å². The van der Waals surface area contributed by atoms with E-state index in [9.17, 15) is 0 Å². The monoisotopic (exact) mass is 305 g/mol. The number of aromatic nitrogens is 2. The van der Waals surface area contributed by atoms with Crippen LogP contribution in [-0.4, -0.2) is 30.2 Å². The predicted molar refractivity (Wildman–Crippen MR) is 86.3 cm³/mol. The van der Waals surface area contributed by atoms with E-state index in [0.29, 0.717) is 0 Å². The minimum atomic E-state index is 0.256. The van der Waals surface area contributed by atoms with Crippen LogP contribution >= 0.6 is 11.6 Å². The zero-order chi connectivity index (χ0) is 15.4. The minimum absolute atomic E-state index is 0.256. The molecular weight excluding hydrogens is 286 g/mol. The van der Waals surface area contributed by atoms with E-state index in [2.05, 4.69) is 27.9 Å². The quantitative estimate of drug-likeness (QED) is 0.792. The number of rotatable bonds is 5. The molecular formula is C16H20ClN3O. The number of methoxy groups -OCH3 is 1. The molecule has 1 atom stereocenters. The minimum Gasteiger partial charge on any atom is -0.496 e. The van der Waals surface area contributed by atoms with E-state index in [1.807, 2.05) is 32.2 Å². The number of ether oxygens (including phenoxy) is 1. The van der Waals surface area contributed by atoms with E-state index in [1.54, 1.807) is 13.3 Å². The zero-order valence-corrected chi connectivity index (χ0v) is 13.6. The fourth-order valence-corrected chi connectivity index (χ4v) is 2.43. The van der Waals surface area contributed by atoms with Crippen LogP contribution in [0.5, 0.6) is 5.75 Å². The highest BCUT2D eigenvalue weighted by Gasteiger charge is 2.16. The van der Waals surface area contributed by atoms with E-state index in [0.717, 1.165) is 23.6 Å². The summed E-state index contributed by atoms with van der Waals surface area (Å²) < 4.78 is 5.41. The van der Waals surface area contributed by atoms with Crippen molar-refractivity contribution in [1.29, 1.82) is 0 Å². The number of para-hydroxylation sites is 1. The van der Waals surface area contributed by atoms with Gasteiger partial charge in [-0.15, -0.1) is 0 Å². The number of halogens is 1. The Morgan fingerprint density at radius 2 is 2.05 bits per heavy atom. The molecule has 0 fully saturated rings. The van der Waals surface area contributed by atoms with E-state index in [4.69, 9.17) is 16.3 Å². The van der Waals surface area contributed by atoms with Gasteiger partial charge in [0.2, 0.25) is 5.28 Å². The van der Waals surface area contributed by atoms with Crippen molar-refractivity contribution in [2.75, 3.05) is 19.1 Å². The van der Waals surface area contributed by atoms with Gasteiger partial charge in [-0.25, -0.2) is 9.97 Å². The lowest BCUT2D eigenvalue weighted by Gasteiger charge is -2.27. The SMILES string of the molecule is COc1ccccc1CC(C)N(C)c1nc(Cl)ncc1C. The van der Waals surface area contributed by atoms with Crippen LogP contribution in [0.1, 0.15) is 18.1 Å². The van der Waals surface area contributed by atoms with Crippen molar-refractivity contribution >= 4 is 17.4 Å². The molecule has 2 aromatic rings. The lowest BCUT2D eigenvalue weighted by atomic mass is 10.0. The molecule has 0 radical (unpaired) electrons. The normalized spacial score (nSPS) is 12.0. The number of nitrogens with zero attached hydrogens (tertiary/aromatic N) is 3. The van der Waals surface area contributed by atoms with Gasteiger partial charge in [0.05, 0.1) is 7.11 Å². The lowest BCUT2D eigenvalue weighted by molar-refractivity contribution is 0.408. The van der Waals surface area contributed by atoms with Crippen molar-refractivity contribution in [3.05, 3.63) is 46.9 Å². The predicted octanol–water partition coefficient (Wildman–Crippen LogP) is 3.51. The number of aryl methyl sites for hydroxylation is 1. The van der Waals surface area contributed by atoms with E-state index >= 15 is 0 Å². The summed E-state index contributed by atoms with van der Waals surface area (Å²) in [5.41, 5.74) is 2.19. The molecule has 0 N–H and O–H groups in total. The molecule has 1 aromatic carbocycles. The molecule has 0 bridgehead atoms. The molecule has 0 spiro atoms. The van der Waals surface area contributed by atoms with E-state index < -0.39 is 0 Å². The maximum atomic E-state index is 5.90. The summed E-state index contributed by atoms with van der Waals surface area (Å²) >= 11 is 5.90. The Labute approximate surface area is 130 Å². The molecule has 1 heterocycles. The fraction of sp³-hybridized carbons (Fsp3) is 0.375. The second-order valence-corrected chi connectivity index (χ2v) is 5.46. The lowest BCUT2D eigenvalue weighted by Crippen LogP contribution is -2.32. The summed E-state index contributed by atoms with van der Waals surface area (Å²) in [5, 5.41) is 0.270. The van der Waals surface area contributed by atoms with Gasteiger partial charge in [-0.3, -0.25) is 0 Å². The number of likely N-dealkylation sites (N-methyl/N-ethyl adjacent to an activating group) is 1. The third-order valence-electron chi connectivity index (χ3n) is 3.62. The van der Waals surface area contributed by atoms with E-state index in [1.165, 1.54) is 5.56 Å². The molecule has 0 saturated carbocycles. The van der Waals surface area contributed by atoms with Crippen molar-refractivity contribution in [2.24, 2.45) is 0 Å². The summed E-state index contributed by atoms with van der Waals surface area (Å²) in [6.45, 7) is 4.14. The molecule has 0 aliphatic rings. The first-order valence-electron chi connectivity index (χ1n) is 6.86. The average molecular weight is 306 g/mol. The molecule has 0 aliphatic heterocycles. The number of anilines is 1. The average Bonchev–Trinajstić information content (AvgIpc) is 2.49. The summed E-state index contributed by atoms with van der Waals surface area (Å²) in [5.74, 6) is 1.77. The van der Waals surface area contributed by atoms with Crippen LogP contribution in [0.15, 0.2) is 30.5 Å². The maximum absolute atomic E-state index is 5.90. The molecule has 2 rings (SSSR count). The number of hydrogen-bond donors (Lipinski definition) is 0. The van der Waals surface area contributed by atoms with Crippen molar-refractivity contribution in [3.8, 4) is 5.75 Å². The highest BCUT2D eigenvalue weighted by Crippen LogP contribution is 2.24. The summed E-state index contributed by atoms with van der Waals surface area (Å²) in [7, 11) is 3.72. The van der Waals surface area contributed by atoms with Gasteiger partial charge in [-0.2, -0.15) is 0 Å². The van der Waals surface area contributed by atoms with Crippen LogP contribution in [0.4, 0.5) is 5.82 Å². The molecule has 5 heteroatoms. The van der Waals surface area contributed by atoms with Gasteiger partial charge in [0.1, 0.15) is 11.6 Å². The van der Waals surface area contributed by atoms with Gasteiger partial charge in [0, 0.05) is 24.8 Å². The molecule has 4 nitrogen and oxygen atoms in total. The van der Waals surface area contributed by atoms with E-state index in [-0.39, 0.29) is 11.3 Å². The third-order valence-corrected chi connectivity index (χ3v) is 3.80. The van der Waals surface area contributed by atoms with Crippen LogP contribution in [0.25, 0.3) is 0 Å². The van der Waals surface area contributed by atoms with Gasteiger partial charge in [-0.1, -0.05) is 18.2 Å². The molecule has 0 amide bonds. The Morgan fingerprint density at radius 1 is 1.33 bits per heavy atom. The Balaban J connectivity index is 2.19. The molecule has 1 unspecified atom stereocenters. The second-order valence-electron chi connectivity index (χ2n) is 5.12. The highest BCUT2D eigenvalue weighted by molar-refractivity contribution is 6.28. The van der Waals surface area contributed by atoms with Crippen molar-refractivity contribution in [1.82, 2.24) is 9.97 Å². The Morgan fingerprint density at radius 3 is 2.76 bits per heavy atom. The number of hydrogen-bond acceptors (Lipinski definition) is 4. The summed E-state index contributed by atoms with van der Waals surface area (Å²) in [6, 6.07) is 8.33. The summed E-state index contributed by atoms with van der Waals surface area (Å²) in [6.07, 6.45) is 2.61. The fourth-order valence-electron chi connectivity index (χ4n) is 2.30. The third kappa shape index (κ3) is 3.64. The first-order chi connectivity index (χ1) is 10.0. The Bertz CT molecular complexity index is 618. The van der Waals surface area contributed by atoms with Gasteiger partial charge in [-0.05, 0) is 43.5 Å². The van der Waals surface area contributed by atoms with Crippen LogP contribution in [0.2, 0.25) is 5.28 Å². The molecule has 1 aromatic heterocycles. The zero-order valence-electron chi connectivity index (χ0n) is 12.8. The smallest absolute Gasteiger partial charge is 0.224 e. The Hall–Kier alpha value is -1.81. The number of benzene rings is 1. The van der Waals surface area contributed by atoms with Gasteiger partial charge >= 0.3 is 0 Å². The largest absolute Gasteiger partial charge is 0.496 e. The van der Waals surface area contributed by atoms with Crippen molar-refractivity contribution in [3.63, 3.8) is 0 Å². The first kappa shape index (κ1) is 15.6. The van der Waals surface area contributed by atoms with Crippen molar-refractivity contribution < 1.29 is 4.74 Å². The standard InChI is InChI=1S/C16H20ClN3O/c1-11-10-18-16(17)19-15(11)20(3)12(2)9-13-7-5-6-8-14(13)21-4/h5-8,10,12H,9H2,1-4H3. The molecule has 112 valence electrons. The second kappa shape index (κ2) is 6.76. The van der Waals surface area contributed by atoms with Crippen LogP contribution in [0.3, 0.4) is 0 Å². The van der Waals surface area contributed by atoms with Crippen LogP contribution in [-0.2, 0) is 6.42 Å². The molecule has 0 aliphatic carbocycles. The van der Waals surface area contributed by atoms with Crippen LogP contribution < -0.4 is 9.64 Å². The van der Waals surface area contributed by atoms with Crippen LogP contribution in [0, 0.1) is 6.92 Å². The van der Waals surface area contributed by atoms with Crippen molar-refractivity contribution in [2.45, 2.75) is 26.3 Å². The Kier molecular flexibility index (Phi) is 5.02. The maximum Gasteiger partial charge on any atom is 0.224 e. The summed E-state index contributed by atoms with van der Waals surface area (Å²) in [4.78, 5) is 10.4. The van der Waals surface area contributed by atoms with Gasteiger partial charge in [0.25, 0.3) is 0 Å².